The Hall–Kier alpha value is -1.18. The molecule has 1 aromatic rings. The van der Waals surface area contributed by atoms with Gasteiger partial charge in [0.05, 0.1) is 5.69 Å². The minimum absolute atomic E-state index is 0.0767. The van der Waals surface area contributed by atoms with Crippen LogP contribution < -0.4 is 10.5 Å². The topological polar surface area (TPSA) is 75.4 Å². The lowest BCUT2D eigenvalue weighted by Crippen LogP contribution is -2.57. The second-order valence-electron chi connectivity index (χ2n) is 5.48. The molecule has 112 valence electrons. The highest BCUT2D eigenvalue weighted by molar-refractivity contribution is 7.89. The summed E-state index contributed by atoms with van der Waals surface area (Å²) < 4.78 is 40.0. The van der Waals surface area contributed by atoms with Gasteiger partial charge >= 0.3 is 0 Å². The summed E-state index contributed by atoms with van der Waals surface area (Å²) in [6, 6.07) is 3.30. The van der Waals surface area contributed by atoms with Crippen molar-refractivity contribution in [3.63, 3.8) is 0 Å². The molecule has 1 aliphatic carbocycles. The average Bonchev–Trinajstić information content (AvgIpc) is 2.25. The Morgan fingerprint density at radius 2 is 2.05 bits per heavy atom. The average molecular weight is 301 g/mol. The number of benzene rings is 1. The third-order valence-corrected chi connectivity index (χ3v) is 5.56. The first-order chi connectivity index (χ1) is 9.27. The first kappa shape index (κ1) is 15.2. The number of hydrogen-bond donors (Lipinski definition) is 2. The third kappa shape index (κ3) is 2.79. The fourth-order valence-electron chi connectivity index (χ4n) is 2.44. The number of sulfonamides is 1. The molecule has 0 amide bonds. The molecule has 0 bridgehead atoms. The maximum Gasteiger partial charge on any atom is 0.242 e. The summed E-state index contributed by atoms with van der Waals surface area (Å²) in [5.74, 6) is -0.551. The van der Waals surface area contributed by atoms with Crippen LogP contribution in [-0.4, -0.2) is 39.5 Å². The zero-order valence-electron chi connectivity index (χ0n) is 11.7. The number of hydrogen-bond acceptors (Lipinski definition) is 4. The van der Waals surface area contributed by atoms with E-state index in [-0.39, 0.29) is 16.1 Å². The highest BCUT2D eigenvalue weighted by atomic mass is 32.2. The quantitative estimate of drug-likeness (QED) is 0.801. The SMILES string of the molecule is CN(C)C1(CNS(=O)(=O)c2ccc(F)cc2N)CCC1. The van der Waals surface area contributed by atoms with Crippen molar-refractivity contribution in [2.45, 2.75) is 29.7 Å². The number of nitrogens with zero attached hydrogens (tertiary/aromatic N) is 1. The van der Waals surface area contributed by atoms with Crippen molar-refractivity contribution in [3.05, 3.63) is 24.0 Å². The van der Waals surface area contributed by atoms with E-state index in [1.165, 1.54) is 6.07 Å². The lowest BCUT2D eigenvalue weighted by atomic mass is 9.76. The van der Waals surface area contributed by atoms with Gasteiger partial charge in [-0.25, -0.2) is 17.5 Å². The van der Waals surface area contributed by atoms with Crippen molar-refractivity contribution in [2.24, 2.45) is 0 Å². The Bertz CT molecular complexity index is 598. The first-order valence-electron chi connectivity index (χ1n) is 6.49. The molecule has 0 atom stereocenters. The Morgan fingerprint density at radius 3 is 2.50 bits per heavy atom. The van der Waals surface area contributed by atoms with Gasteiger partial charge in [0.2, 0.25) is 10.0 Å². The normalized spacial score (nSPS) is 18.0. The summed E-state index contributed by atoms with van der Waals surface area (Å²) in [6.45, 7) is 0.332. The molecular weight excluding hydrogens is 281 g/mol. The molecule has 20 heavy (non-hydrogen) atoms. The molecule has 1 saturated carbocycles. The van der Waals surface area contributed by atoms with E-state index in [2.05, 4.69) is 4.72 Å². The van der Waals surface area contributed by atoms with Gasteiger partial charge in [0, 0.05) is 12.1 Å². The van der Waals surface area contributed by atoms with Crippen LogP contribution in [-0.2, 0) is 10.0 Å². The highest BCUT2D eigenvalue weighted by Gasteiger charge is 2.40. The molecule has 2 rings (SSSR count). The second kappa shape index (κ2) is 5.31. The Morgan fingerprint density at radius 1 is 1.40 bits per heavy atom. The predicted molar refractivity (Wildman–Crippen MR) is 76.3 cm³/mol. The Kier molecular flexibility index (Phi) is 4.04. The molecule has 0 aliphatic heterocycles. The lowest BCUT2D eigenvalue weighted by Gasteiger charge is -2.47. The van der Waals surface area contributed by atoms with Gasteiger partial charge in [-0.15, -0.1) is 0 Å². The molecule has 0 saturated heterocycles. The van der Waals surface area contributed by atoms with Crippen molar-refractivity contribution in [2.75, 3.05) is 26.4 Å². The minimum atomic E-state index is -3.72. The van der Waals surface area contributed by atoms with Crippen LogP contribution in [0.1, 0.15) is 19.3 Å². The van der Waals surface area contributed by atoms with E-state index in [0.717, 1.165) is 31.4 Å². The van der Waals surface area contributed by atoms with Gasteiger partial charge in [-0.3, -0.25) is 0 Å². The molecule has 1 aliphatic rings. The van der Waals surface area contributed by atoms with Crippen LogP contribution in [0.15, 0.2) is 23.1 Å². The van der Waals surface area contributed by atoms with Crippen molar-refractivity contribution < 1.29 is 12.8 Å². The molecule has 1 fully saturated rings. The molecule has 3 N–H and O–H groups in total. The number of rotatable bonds is 5. The van der Waals surface area contributed by atoms with Crippen molar-refractivity contribution in [1.82, 2.24) is 9.62 Å². The molecule has 1 aromatic carbocycles. The van der Waals surface area contributed by atoms with Crippen LogP contribution in [0, 0.1) is 5.82 Å². The van der Waals surface area contributed by atoms with E-state index in [4.69, 9.17) is 5.73 Å². The van der Waals surface area contributed by atoms with Gasteiger partial charge in [0.15, 0.2) is 0 Å². The van der Waals surface area contributed by atoms with Crippen LogP contribution in [0.2, 0.25) is 0 Å². The minimum Gasteiger partial charge on any atom is -0.398 e. The van der Waals surface area contributed by atoms with Crippen LogP contribution in [0.4, 0.5) is 10.1 Å². The Balaban J connectivity index is 2.15. The zero-order valence-corrected chi connectivity index (χ0v) is 12.5. The summed E-state index contributed by atoms with van der Waals surface area (Å²) in [5, 5.41) is 0. The van der Waals surface area contributed by atoms with Gasteiger partial charge in [-0.05, 0) is 51.6 Å². The summed E-state index contributed by atoms with van der Waals surface area (Å²) in [6.07, 6.45) is 3.02. The number of anilines is 1. The highest BCUT2D eigenvalue weighted by Crippen LogP contribution is 2.35. The number of nitrogens with one attached hydrogen (secondary N) is 1. The zero-order chi connectivity index (χ0) is 15.0. The Labute approximate surface area is 119 Å². The molecule has 0 heterocycles. The largest absolute Gasteiger partial charge is 0.398 e. The molecule has 7 heteroatoms. The van der Waals surface area contributed by atoms with E-state index >= 15 is 0 Å². The van der Waals surface area contributed by atoms with Gasteiger partial charge in [-0.1, -0.05) is 0 Å². The second-order valence-corrected chi connectivity index (χ2v) is 7.21. The third-order valence-electron chi connectivity index (χ3n) is 4.09. The smallest absolute Gasteiger partial charge is 0.242 e. The fraction of sp³-hybridized carbons (Fsp3) is 0.538. The standard InChI is InChI=1S/C13H20FN3O2S/c1-17(2)13(6-3-7-13)9-16-20(18,19)12-5-4-10(14)8-11(12)15/h4-5,8,16H,3,6-7,9,15H2,1-2H3. The van der Waals surface area contributed by atoms with E-state index in [9.17, 15) is 12.8 Å². The summed E-state index contributed by atoms with van der Waals surface area (Å²) in [5.41, 5.74) is 5.38. The van der Waals surface area contributed by atoms with Gasteiger partial charge in [0.25, 0.3) is 0 Å². The van der Waals surface area contributed by atoms with Gasteiger partial charge in [-0.2, -0.15) is 0 Å². The molecule has 0 unspecified atom stereocenters. The van der Waals surface area contributed by atoms with Crippen molar-refractivity contribution in [3.8, 4) is 0 Å². The fourth-order valence-corrected chi connectivity index (χ4v) is 3.67. The first-order valence-corrected chi connectivity index (χ1v) is 7.97. The maximum absolute atomic E-state index is 13.0. The van der Waals surface area contributed by atoms with Crippen molar-refractivity contribution >= 4 is 15.7 Å². The van der Waals surface area contributed by atoms with Crippen LogP contribution >= 0.6 is 0 Å². The van der Waals surface area contributed by atoms with Crippen LogP contribution in [0.25, 0.3) is 0 Å². The number of halogens is 1. The van der Waals surface area contributed by atoms with Crippen LogP contribution in [0.5, 0.6) is 0 Å². The number of nitrogen functional groups attached to an aromatic ring is 1. The number of nitrogens with two attached hydrogens (primary N) is 1. The lowest BCUT2D eigenvalue weighted by molar-refractivity contribution is 0.0657. The predicted octanol–water partition coefficient (Wildman–Crippen LogP) is 1.17. The molecule has 0 spiro atoms. The molecular formula is C13H20FN3O2S. The van der Waals surface area contributed by atoms with E-state index < -0.39 is 15.8 Å². The summed E-state index contributed by atoms with van der Waals surface area (Å²) >= 11 is 0. The van der Waals surface area contributed by atoms with E-state index in [0.29, 0.717) is 6.54 Å². The maximum atomic E-state index is 13.0. The monoisotopic (exact) mass is 301 g/mol. The molecule has 5 nitrogen and oxygen atoms in total. The van der Waals surface area contributed by atoms with E-state index in [1.54, 1.807) is 0 Å². The van der Waals surface area contributed by atoms with Crippen molar-refractivity contribution in [1.29, 1.82) is 0 Å². The summed E-state index contributed by atoms with van der Waals surface area (Å²) in [7, 11) is 0.169. The molecule has 0 radical (unpaired) electrons. The summed E-state index contributed by atoms with van der Waals surface area (Å²) in [4.78, 5) is 1.97. The number of likely N-dealkylation sites (N-methyl/N-ethyl adjacent to an activating group) is 1. The van der Waals surface area contributed by atoms with Gasteiger partial charge < -0.3 is 10.6 Å². The van der Waals surface area contributed by atoms with Crippen LogP contribution in [0.3, 0.4) is 0 Å². The van der Waals surface area contributed by atoms with Gasteiger partial charge in [0.1, 0.15) is 10.7 Å². The molecule has 0 aromatic heterocycles. The van der Waals surface area contributed by atoms with E-state index in [1.807, 2.05) is 19.0 Å².